The molecule has 0 saturated carbocycles. The molecular weight excluding hydrogens is 302 g/mol. The molecule has 1 aromatic rings. The van der Waals surface area contributed by atoms with Crippen LogP contribution in [0.2, 0.25) is 0 Å². The van der Waals surface area contributed by atoms with Crippen molar-refractivity contribution in [3.8, 4) is 0 Å². The van der Waals surface area contributed by atoms with E-state index in [0.29, 0.717) is 6.42 Å². The molecule has 0 amide bonds. The molecule has 1 atom stereocenters. The molecule has 0 spiro atoms. The zero-order valence-corrected chi connectivity index (χ0v) is 11.7. The third kappa shape index (κ3) is 3.73. The summed E-state index contributed by atoms with van der Waals surface area (Å²) in [6.45, 7) is 0.0918. The lowest BCUT2D eigenvalue weighted by Gasteiger charge is -2.10. The topological polar surface area (TPSA) is 132 Å². The fourth-order valence-electron chi connectivity index (χ4n) is 2.20. The van der Waals surface area contributed by atoms with Crippen molar-refractivity contribution in [3.05, 3.63) is 44.0 Å². The number of nitro benzene ring substituents is 2. The fraction of sp³-hybridized carbons (Fsp3) is 0.455. The van der Waals surface area contributed by atoms with Gasteiger partial charge in [-0.1, -0.05) is 0 Å². The van der Waals surface area contributed by atoms with Crippen molar-refractivity contribution >= 4 is 21.2 Å². The molecule has 1 aliphatic heterocycles. The van der Waals surface area contributed by atoms with Gasteiger partial charge in [0.2, 0.25) is 0 Å². The van der Waals surface area contributed by atoms with Crippen LogP contribution in [0.15, 0.2) is 18.2 Å². The highest BCUT2D eigenvalue weighted by Crippen LogP contribution is 2.25. The highest BCUT2D eigenvalue weighted by atomic mass is 32.2. The van der Waals surface area contributed by atoms with Crippen LogP contribution in [0.25, 0.3) is 0 Å². The Morgan fingerprint density at radius 1 is 1.24 bits per heavy atom. The van der Waals surface area contributed by atoms with Gasteiger partial charge in [0.1, 0.15) is 0 Å². The predicted molar refractivity (Wildman–Crippen MR) is 73.6 cm³/mol. The highest BCUT2D eigenvalue weighted by Gasteiger charge is 2.28. The van der Waals surface area contributed by atoms with E-state index >= 15 is 0 Å². The molecule has 1 aromatic carbocycles. The third-order valence-electron chi connectivity index (χ3n) is 3.29. The molecule has 10 heteroatoms. The van der Waals surface area contributed by atoms with E-state index in [2.05, 4.69) is 5.32 Å². The molecule has 0 bridgehead atoms. The van der Waals surface area contributed by atoms with E-state index in [4.69, 9.17) is 0 Å². The first-order valence-corrected chi connectivity index (χ1v) is 7.96. The number of nitrogens with one attached hydrogen (secondary N) is 1. The van der Waals surface area contributed by atoms with Crippen LogP contribution in [0, 0.1) is 20.2 Å². The van der Waals surface area contributed by atoms with Gasteiger partial charge in [-0.2, -0.15) is 0 Å². The quantitative estimate of drug-likeness (QED) is 0.627. The number of nitrogens with zero attached hydrogens (tertiary/aromatic N) is 2. The van der Waals surface area contributed by atoms with Gasteiger partial charge in [0.25, 0.3) is 11.4 Å². The lowest BCUT2D eigenvalue weighted by Crippen LogP contribution is -2.29. The van der Waals surface area contributed by atoms with Gasteiger partial charge in [-0.05, 0) is 12.5 Å². The molecule has 0 unspecified atom stereocenters. The van der Waals surface area contributed by atoms with Gasteiger partial charge in [0, 0.05) is 24.2 Å². The number of hydrogen-bond acceptors (Lipinski definition) is 7. The minimum Gasteiger partial charge on any atom is -0.309 e. The molecule has 1 fully saturated rings. The van der Waals surface area contributed by atoms with E-state index in [0.717, 1.165) is 6.07 Å². The normalized spacial score (nSPS) is 20.3. The Morgan fingerprint density at radius 3 is 2.48 bits per heavy atom. The Bertz CT molecular complexity index is 687. The van der Waals surface area contributed by atoms with Gasteiger partial charge in [0.15, 0.2) is 9.84 Å². The van der Waals surface area contributed by atoms with Crippen molar-refractivity contribution < 1.29 is 18.3 Å². The van der Waals surface area contributed by atoms with Crippen molar-refractivity contribution in [2.24, 2.45) is 0 Å². The van der Waals surface area contributed by atoms with Crippen molar-refractivity contribution in [1.82, 2.24) is 5.32 Å². The van der Waals surface area contributed by atoms with Gasteiger partial charge in [0.05, 0.1) is 27.4 Å². The number of sulfone groups is 1. The second-order valence-electron chi connectivity index (χ2n) is 4.81. The zero-order valence-electron chi connectivity index (χ0n) is 10.9. The molecule has 114 valence electrons. The molecule has 2 rings (SSSR count). The Balaban J connectivity index is 2.13. The lowest BCUT2D eigenvalue weighted by molar-refractivity contribution is -0.394. The molecule has 9 nitrogen and oxygen atoms in total. The Kier molecular flexibility index (Phi) is 4.19. The first-order valence-electron chi connectivity index (χ1n) is 6.14. The molecule has 0 radical (unpaired) electrons. The van der Waals surface area contributed by atoms with Crippen LogP contribution in [-0.4, -0.2) is 35.8 Å². The largest absolute Gasteiger partial charge is 0.309 e. The van der Waals surface area contributed by atoms with E-state index in [1.807, 2.05) is 0 Å². The van der Waals surface area contributed by atoms with Crippen LogP contribution < -0.4 is 5.32 Å². The minimum absolute atomic E-state index is 0.00772. The van der Waals surface area contributed by atoms with Gasteiger partial charge in [-0.3, -0.25) is 20.2 Å². The summed E-state index contributed by atoms with van der Waals surface area (Å²) < 4.78 is 22.6. The zero-order chi connectivity index (χ0) is 15.6. The van der Waals surface area contributed by atoms with Crippen LogP contribution >= 0.6 is 0 Å². The van der Waals surface area contributed by atoms with E-state index in [-0.39, 0.29) is 41.0 Å². The fourth-order valence-corrected chi connectivity index (χ4v) is 3.90. The van der Waals surface area contributed by atoms with Crippen LogP contribution in [0.4, 0.5) is 11.4 Å². The second kappa shape index (κ2) is 5.74. The molecule has 1 heterocycles. The number of non-ortho nitro benzene ring substituents is 1. The number of benzene rings is 1. The molecule has 1 aliphatic rings. The molecule has 1 saturated heterocycles. The summed E-state index contributed by atoms with van der Waals surface area (Å²) in [6, 6.07) is 3.16. The first kappa shape index (κ1) is 15.3. The monoisotopic (exact) mass is 315 g/mol. The summed E-state index contributed by atoms with van der Waals surface area (Å²) in [5.74, 6) is 0.112. The summed E-state index contributed by atoms with van der Waals surface area (Å²) in [5, 5.41) is 24.5. The number of nitro groups is 2. The first-order chi connectivity index (χ1) is 9.78. The summed E-state index contributed by atoms with van der Waals surface area (Å²) in [7, 11) is -3.03. The van der Waals surface area contributed by atoms with Crippen molar-refractivity contribution in [2.45, 2.75) is 19.0 Å². The summed E-state index contributed by atoms with van der Waals surface area (Å²) in [6.07, 6.45) is 0.461. The van der Waals surface area contributed by atoms with E-state index in [1.54, 1.807) is 0 Å². The van der Waals surface area contributed by atoms with Crippen molar-refractivity contribution in [2.75, 3.05) is 11.5 Å². The summed E-state index contributed by atoms with van der Waals surface area (Å²) in [5.41, 5.74) is -0.415. The Labute approximate surface area is 120 Å². The third-order valence-corrected chi connectivity index (χ3v) is 5.06. The maximum Gasteiger partial charge on any atom is 0.280 e. The van der Waals surface area contributed by atoms with Gasteiger partial charge in [-0.25, -0.2) is 8.42 Å². The molecule has 21 heavy (non-hydrogen) atoms. The second-order valence-corrected chi connectivity index (χ2v) is 7.04. The lowest BCUT2D eigenvalue weighted by atomic mass is 10.1. The minimum atomic E-state index is -3.03. The van der Waals surface area contributed by atoms with Gasteiger partial charge >= 0.3 is 0 Å². The molecule has 1 N–H and O–H groups in total. The van der Waals surface area contributed by atoms with Gasteiger partial charge in [-0.15, -0.1) is 0 Å². The molecular formula is C11H13N3O6S. The predicted octanol–water partition coefficient (Wildman–Crippen LogP) is 0.780. The molecule has 0 aromatic heterocycles. The molecule has 0 aliphatic carbocycles. The van der Waals surface area contributed by atoms with Gasteiger partial charge < -0.3 is 5.32 Å². The number of rotatable bonds is 5. The number of hydrogen-bond donors (Lipinski definition) is 1. The van der Waals surface area contributed by atoms with Crippen molar-refractivity contribution in [1.29, 1.82) is 0 Å². The standard InChI is InChI=1S/C11H13N3O6S/c15-13(16)10-2-1-8(11(5-10)14(17)18)6-12-9-3-4-21(19,20)7-9/h1-2,5,9,12H,3-4,6-7H2/t9-/m0/s1. The average Bonchev–Trinajstić information content (AvgIpc) is 2.75. The van der Waals surface area contributed by atoms with Crippen LogP contribution in [0.1, 0.15) is 12.0 Å². The van der Waals surface area contributed by atoms with Crippen LogP contribution in [0.3, 0.4) is 0 Å². The highest BCUT2D eigenvalue weighted by molar-refractivity contribution is 7.91. The SMILES string of the molecule is O=[N+]([O-])c1ccc(CN[C@H]2CCS(=O)(=O)C2)c([N+](=O)[O-])c1. The average molecular weight is 315 g/mol. The Morgan fingerprint density at radius 2 is 1.95 bits per heavy atom. The summed E-state index contributed by atoms with van der Waals surface area (Å²) in [4.78, 5) is 20.2. The summed E-state index contributed by atoms with van der Waals surface area (Å²) >= 11 is 0. The van der Waals surface area contributed by atoms with Crippen molar-refractivity contribution in [3.63, 3.8) is 0 Å². The van der Waals surface area contributed by atoms with E-state index in [9.17, 15) is 28.6 Å². The van der Waals surface area contributed by atoms with E-state index < -0.39 is 19.7 Å². The smallest absolute Gasteiger partial charge is 0.280 e. The van der Waals surface area contributed by atoms with Crippen LogP contribution in [0.5, 0.6) is 0 Å². The maximum atomic E-state index is 11.3. The maximum absolute atomic E-state index is 11.3. The Hall–Kier alpha value is -2.07. The van der Waals surface area contributed by atoms with Crippen LogP contribution in [-0.2, 0) is 16.4 Å². The van der Waals surface area contributed by atoms with E-state index in [1.165, 1.54) is 12.1 Å².